The highest BCUT2D eigenvalue weighted by molar-refractivity contribution is 5.96. The molecule has 3 heteroatoms. The molecule has 2 aliphatic rings. The number of likely N-dealkylation sites (N-methyl/N-ethyl adjacent to an activating group) is 1. The van der Waals surface area contributed by atoms with Gasteiger partial charge in [-0.25, -0.2) is 0 Å². The van der Waals surface area contributed by atoms with Crippen LogP contribution in [0.1, 0.15) is 33.0 Å². The van der Waals surface area contributed by atoms with Crippen LogP contribution < -0.4 is 5.32 Å². The highest BCUT2D eigenvalue weighted by Crippen LogP contribution is 2.35. The largest absolute Gasteiger partial charge is 0.352 e. The number of rotatable bonds is 3. The quantitative estimate of drug-likeness (QED) is 0.943. The molecule has 124 valence electrons. The Morgan fingerprint density at radius 1 is 1.04 bits per heavy atom. The third-order valence-electron chi connectivity index (χ3n) is 5.46. The smallest absolute Gasteiger partial charge is 0.251 e. The summed E-state index contributed by atoms with van der Waals surface area (Å²) < 4.78 is 0. The molecule has 1 amide bonds. The van der Waals surface area contributed by atoms with Gasteiger partial charge in [-0.05, 0) is 48.6 Å². The number of nitrogens with zero attached hydrogens (tertiary/aromatic N) is 1. The zero-order valence-electron chi connectivity index (χ0n) is 14.2. The topological polar surface area (TPSA) is 32.3 Å². The van der Waals surface area contributed by atoms with Crippen molar-refractivity contribution in [3.05, 3.63) is 70.8 Å². The fourth-order valence-electron chi connectivity index (χ4n) is 4.18. The van der Waals surface area contributed by atoms with Gasteiger partial charge in [0.15, 0.2) is 0 Å². The van der Waals surface area contributed by atoms with Crippen molar-refractivity contribution < 1.29 is 4.79 Å². The maximum Gasteiger partial charge on any atom is 0.251 e. The highest BCUT2D eigenvalue weighted by Gasteiger charge is 2.36. The van der Waals surface area contributed by atoms with E-state index in [-0.39, 0.29) is 5.91 Å². The SMILES string of the molecule is CN1CC2CNC(=O)c3cc(CCc4ccccc4)ccc3C2C1. The lowest BCUT2D eigenvalue weighted by Crippen LogP contribution is -2.29. The molecular formula is C21H24N2O. The fraction of sp³-hybridized carbons (Fsp3) is 0.381. The van der Waals surface area contributed by atoms with E-state index in [0.717, 1.165) is 38.0 Å². The molecule has 0 aliphatic carbocycles. The van der Waals surface area contributed by atoms with Crippen LogP contribution in [0.4, 0.5) is 0 Å². The van der Waals surface area contributed by atoms with Crippen molar-refractivity contribution in [3.63, 3.8) is 0 Å². The van der Waals surface area contributed by atoms with E-state index in [4.69, 9.17) is 0 Å². The molecule has 0 saturated carbocycles. The van der Waals surface area contributed by atoms with Crippen LogP contribution in [0.2, 0.25) is 0 Å². The molecule has 0 spiro atoms. The van der Waals surface area contributed by atoms with Crippen molar-refractivity contribution in [3.8, 4) is 0 Å². The van der Waals surface area contributed by atoms with Gasteiger partial charge in [0, 0.05) is 31.1 Å². The lowest BCUT2D eigenvalue weighted by Gasteiger charge is -2.17. The molecule has 0 radical (unpaired) electrons. The van der Waals surface area contributed by atoms with Crippen LogP contribution >= 0.6 is 0 Å². The van der Waals surface area contributed by atoms with Crippen LogP contribution in [0, 0.1) is 5.92 Å². The van der Waals surface area contributed by atoms with Gasteiger partial charge < -0.3 is 10.2 Å². The van der Waals surface area contributed by atoms with E-state index in [9.17, 15) is 4.79 Å². The summed E-state index contributed by atoms with van der Waals surface area (Å²) in [5.41, 5.74) is 4.72. The second-order valence-corrected chi connectivity index (χ2v) is 7.21. The number of carbonyl (C=O) groups is 1. The number of hydrogen-bond donors (Lipinski definition) is 1. The zero-order chi connectivity index (χ0) is 16.5. The maximum absolute atomic E-state index is 12.5. The van der Waals surface area contributed by atoms with Gasteiger partial charge in [-0.15, -0.1) is 0 Å². The Hall–Kier alpha value is -2.13. The van der Waals surface area contributed by atoms with E-state index in [2.05, 4.69) is 59.7 Å². The molecular weight excluding hydrogens is 296 g/mol. The van der Waals surface area contributed by atoms with Crippen LogP contribution in [-0.2, 0) is 12.8 Å². The second-order valence-electron chi connectivity index (χ2n) is 7.21. The van der Waals surface area contributed by atoms with E-state index in [0.29, 0.717) is 11.8 Å². The van der Waals surface area contributed by atoms with E-state index in [1.807, 2.05) is 6.07 Å². The molecule has 3 nitrogen and oxygen atoms in total. The van der Waals surface area contributed by atoms with Crippen LogP contribution in [-0.4, -0.2) is 37.5 Å². The summed E-state index contributed by atoms with van der Waals surface area (Å²) in [7, 11) is 2.17. The molecule has 1 saturated heterocycles. The molecule has 0 aromatic heterocycles. The molecule has 2 aromatic carbocycles. The van der Waals surface area contributed by atoms with Crippen LogP contribution in [0.25, 0.3) is 0 Å². The van der Waals surface area contributed by atoms with Gasteiger partial charge in [0.25, 0.3) is 5.91 Å². The van der Waals surface area contributed by atoms with Crippen molar-refractivity contribution in [2.45, 2.75) is 18.8 Å². The molecule has 24 heavy (non-hydrogen) atoms. The Bertz CT molecular complexity index is 741. The second kappa shape index (κ2) is 6.40. The summed E-state index contributed by atoms with van der Waals surface area (Å²) in [6, 6.07) is 17.1. The third kappa shape index (κ3) is 2.96. The lowest BCUT2D eigenvalue weighted by atomic mass is 9.86. The van der Waals surface area contributed by atoms with Gasteiger partial charge in [0.05, 0.1) is 0 Å². The monoisotopic (exact) mass is 320 g/mol. The highest BCUT2D eigenvalue weighted by atomic mass is 16.1. The minimum Gasteiger partial charge on any atom is -0.352 e. The number of nitrogens with one attached hydrogen (secondary N) is 1. The summed E-state index contributed by atoms with van der Waals surface area (Å²) in [5, 5.41) is 3.13. The van der Waals surface area contributed by atoms with Gasteiger partial charge in [0.2, 0.25) is 0 Å². The standard InChI is InChI=1S/C21H24N2O/c1-23-13-17-12-22-21(24)19-11-16(9-10-18(19)20(17)14-23)8-7-15-5-3-2-4-6-15/h2-6,9-11,17,20H,7-8,12-14H2,1H3,(H,22,24). The van der Waals surface area contributed by atoms with Crippen molar-refractivity contribution in [2.24, 2.45) is 5.92 Å². The molecule has 0 bridgehead atoms. The summed E-state index contributed by atoms with van der Waals surface area (Å²) in [5.74, 6) is 1.12. The number of hydrogen-bond acceptors (Lipinski definition) is 2. The molecule has 2 aliphatic heterocycles. The Morgan fingerprint density at radius 3 is 2.67 bits per heavy atom. The van der Waals surface area contributed by atoms with Crippen LogP contribution in [0.15, 0.2) is 48.5 Å². The maximum atomic E-state index is 12.5. The molecule has 2 atom stereocenters. The summed E-state index contributed by atoms with van der Waals surface area (Å²) in [6.07, 6.45) is 1.98. The van der Waals surface area contributed by atoms with Gasteiger partial charge in [-0.3, -0.25) is 4.79 Å². The van der Waals surface area contributed by atoms with Crippen LogP contribution in [0.3, 0.4) is 0 Å². The first kappa shape index (κ1) is 15.4. The number of amides is 1. The van der Waals surface area contributed by atoms with Crippen molar-refractivity contribution in [1.82, 2.24) is 10.2 Å². The molecule has 2 unspecified atom stereocenters. The predicted octanol–water partition coefficient (Wildman–Crippen LogP) is 2.86. The van der Waals surface area contributed by atoms with Crippen molar-refractivity contribution in [2.75, 3.05) is 26.7 Å². The molecule has 2 aromatic rings. The van der Waals surface area contributed by atoms with Crippen LogP contribution in [0.5, 0.6) is 0 Å². The minimum absolute atomic E-state index is 0.101. The lowest BCUT2D eigenvalue weighted by molar-refractivity contribution is 0.0951. The van der Waals surface area contributed by atoms with Crippen molar-refractivity contribution >= 4 is 5.91 Å². The number of carbonyl (C=O) groups excluding carboxylic acids is 1. The first-order valence-electron chi connectivity index (χ1n) is 8.84. The van der Waals surface area contributed by atoms with E-state index < -0.39 is 0 Å². The first-order valence-corrected chi connectivity index (χ1v) is 8.84. The van der Waals surface area contributed by atoms with Gasteiger partial charge in [-0.1, -0.05) is 42.5 Å². The predicted molar refractivity (Wildman–Crippen MR) is 96.4 cm³/mol. The molecule has 1 N–H and O–H groups in total. The number of fused-ring (bicyclic) bond motifs is 3. The number of aryl methyl sites for hydroxylation is 2. The van der Waals surface area contributed by atoms with Gasteiger partial charge in [0.1, 0.15) is 0 Å². The van der Waals surface area contributed by atoms with Crippen molar-refractivity contribution in [1.29, 1.82) is 0 Å². The van der Waals surface area contributed by atoms with E-state index in [1.54, 1.807) is 0 Å². The molecule has 2 heterocycles. The zero-order valence-corrected chi connectivity index (χ0v) is 14.2. The van der Waals surface area contributed by atoms with Gasteiger partial charge in [-0.2, -0.15) is 0 Å². The summed E-state index contributed by atoms with van der Waals surface area (Å²) in [4.78, 5) is 14.9. The molecule has 1 fully saturated rings. The average Bonchev–Trinajstić information content (AvgIpc) is 2.93. The minimum atomic E-state index is 0.101. The first-order chi connectivity index (χ1) is 11.7. The van der Waals surface area contributed by atoms with Gasteiger partial charge >= 0.3 is 0 Å². The van der Waals surface area contributed by atoms with E-state index >= 15 is 0 Å². The Morgan fingerprint density at radius 2 is 1.83 bits per heavy atom. The Kier molecular flexibility index (Phi) is 4.11. The Balaban J connectivity index is 1.58. The normalized spacial score (nSPS) is 23.3. The fourth-order valence-corrected chi connectivity index (χ4v) is 4.18. The Labute approximate surface area is 143 Å². The average molecular weight is 320 g/mol. The summed E-state index contributed by atoms with van der Waals surface area (Å²) in [6.45, 7) is 2.91. The summed E-state index contributed by atoms with van der Waals surface area (Å²) >= 11 is 0. The number of benzene rings is 2. The van der Waals surface area contributed by atoms with E-state index in [1.165, 1.54) is 16.7 Å². The third-order valence-corrected chi connectivity index (χ3v) is 5.46. The number of likely N-dealkylation sites (tertiary alicyclic amines) is 1. The molecule has 4 rings (SSSR count).